The minimum Gasteiger partial charge on any atom is -0.507 e. The van der Waals surface area contributed by atoms with E-state index < -0.39 is 5.63 Å². The van der Waals surface area contributed by atoms with Crippen molar-refractivity contribution < 1.29 is 9.52 Å². The molecule has 0 amide bonds. The van der Waals surface area contributed by atoms with Crippen LogP contribution in [-0.2, 0) is 0 Å². The van der Waals surface area contributed by atoms with Gasteiger partial charge in [0, 0.05) is 6.07 Å². The van der Waals surface area contributed by atoms with Gasteiger partial charge in [0.05, 0.1) is 11.9 Å². The average Bonchev–Trinajstić information content (AvgIpc) is 2.34. The van der Waals surface area contributed by atoms with Gasteiger partial charge in [0.1, 0.15) is 17.1 Å². The number of anilines is 1. The second-order valence-corrected chi connectivity index (χ2v) is 3.68. The normalized spacial score (nSPS) is 10.7. The van der Waals surface area contributed by atoms with Crippen molar-refractivity contribution >= 4 is 11.9 Å². The number of nitrogens with one attached hydrogen (secondary N) is 1. The predicted octanol–water partition coefficient (Wildman–Crippen LogP) is 2.10. The third-order valence-corrected chi connectivity index (χ3v) is 2.25. The van der Waals surface area contributed by atoms with Crippen LogP contribution in [0.1, 0.15) is 11.3 Å². The number of para-hydroxylation sites is 1. The van der Waals surface area contributed by atoms with E-state index in [0.717, 1.165) is 5.69 Å². The fraction of sp³-hybridized carbons (Fsp3) is 0.0769. The highest BCUT2D eigenvalue weighted by atomic mass is 16.4. The Bertz CT molecular complexity index is 618. The zero-order valence-corrected chi connectivity index (χ0v) is 9.75. The van der Waals surface area contributed by atoms with Crippen LogP contribution in [0.4, 0.5) is 5.69 Å². The number of rotatable bonds is 3. The number of benzene rings is 1. The molecule has 5 heteroatoms. The average molecular weight is 244 g/mol. The maximum absolute atomic E-state index is 11.5. The summed E-state index contributed by atoms with van der Waals surface area (Å²) < 4.78 is 4.86. The highest BCUT2D eigenvalue weighted by molar-refractivity contribution is 5.83. The molecule has 1 aromatic heterocycles. The Hall–Kier alpha value is -2.56. The molecule has 92 valence electrons. The van der Waals surface area contributed by atoms with Crippen LogP contribution >= 0.6 is 0 Å². The van der Waals surface area contributed by atoms with Crippen molar-refractivity contribution in [1.82, 2.24) is 0 Å². The molecule has 0 radical (unpaired) electrons. The van der Waals surface area contributed by atoms with E-state index in [4.69, 9.17) is 4.42 Å². The standard InChI is InChI=1S/C13H12N2O3/c1-9-7-12(16)11(13(17)18-9)8-14-15-10-5-3-2-4-6-10/h2-8,15-16H,1H3. The Morgan fingerprint density at radius 2 is 2.06 bits per heavy atom. The first-order valence-corrected chi connectivity index (χ1v) is 5.34. The number of nitrogens with zero attached hydrogens (tertiary/aromatic N) is 1. The fourth-order valence-corrected chi connectivity index (χ4v) is 1.41. The van der Waals surface area contributed by atoms with Gasteiger partial charge in [-0.25, -0.2) is 4.79 Å². The van der Waals surface area contributed by atoms with Gasteiger partial charge in [-0.05, 0) is 19.1 Å². The number of aryl methyl sites for hydroxylation is 1. The molecule has 0 aliphatic heterocycles. The molecule has 0 saturated carbocycles. The Labute approximate surface area is 103 Å². The summed E-state index contributed by atoms with van der Waals surface area (Å²) in [4.78, 5) is 11.5. The van der Waals surface area contributed by atoms with Gasteiger partial charge in [-0.15, -0.1) is 0 Å². The summed E-state index contributed by atoms with van der Waals surface area (Å²) in [6.07, 6.45) is 1.23. The molecular weight excluding hydrogens is 232 g/mol. The van der Waals surface area contributed by atoms with Crippen LogP contribution in [-0.4, -0.2) is 11.3 Å². The minimum atomic E-state index is -0.619. The molecule has 1 heterocycles. The summed E-state index contributed by atoms with van der Waals surface area (Å²) in [6, 6.07) is 10.6. The Balaban J connectivity index is 2.18. The van der Waals surface area contributed by atoms with Crippen LogP contribution in [0.3, 0.4) is 0 Å². The molecule has 0 saturated heterocycles. The molecule has 2 N–H and O–H groups in total. The molecule has 0 unspecified atom stereocenters. The van der Waals surface area contributed by atoms with Crippen molar-refractivity contribution in [3.05, 3.63) is 58.1 Å². The van der Waals surface area contributed by atoms with Gasteiger partial charge in [0.2, 0.25) is 0 Å². The van der Waals surface area contributed by atoms with Gasteiger partial charge in [-0.2, -0.15) is 5.10 Å². The zero-order valence-electron chi connectivity index (χ0n) is 9.75. The lowest BCUT2D eigenvalue weighted by molar-refractivity contribution is 0.433. The van der Waals surface area contributed by atoms with E-state index in [-0.39, 0.29) is 11.3 Å². The van der Waals surface area contributed by atoms with Crippen LogP contribution < -0.4 is 11.1 Å². The number of hydrogen-bond acceptors (Lipinski definition) is 5. The summed E-state index contributed by atoms with van der Waals surface area (Å²) in [5.74, 6) is 0.202. The third kappa shape index (κ3) is 2.76. The third-order valence-electron chi connectivity index (χ3n) is 2.25. The van der Waals surface area contributed by atoms with Crippen molar-refractivity contribution in [1.29, 1.82) is 0 Å². The zero-order chi connectivity index (χ0) is 13.0. The molecule has 5 nitrogen and oxygen atoms in total. The highest BCUT2D eigenvalue weighted by Gasteiger charge is 2.06. The van der Waals surface area contributed by atoms with E-state index in [9.17, 15) is 9.90 Å². The van der Waals surface area contributed by atoms with E-state index in [0.29, 0.717) is 5.76 Å². The molecule has 18 heavy (non-hydrogen) atoms. The van der Waals surface area contributed by atoms with Crippen LogP contribution in [0, 0.1) is 6.92 Å². The molecule has 1 aromatic carbocycles. The first-order valence-electron chi connectivity index (χ1n) is 5.34. The lowest BCUT2D eigenvalue weighted by atomic mass is 10.2. The van der Waals surface area contributed by atoms with Gasteiger partial charge in [0.25, 0.3) is 0 Å². The van der Waals surface area contributed by atoms with Crippen LogP contribution in [0.15, 0.2) is 50.7 Å². The summed E-state index contributed by atoms with van der Waals surface area (Å²) in [7, 11) is 0. The van der Waals surface area contributed by atoms with E-state index in [1.165, 1.54) is 12.3 Å². The summed E-state index contributed by atoms with van der Waals surface area (Å²) in [5.41, 5.74) is 2.92. The van der Waals surface area contributed by atoms with Crippen molar-refractivity contribution in [2.75, 3.05) is 5.43 Å². The van der Waals surface area contributed by atoms with Crippen LogP contribution in [0.2, 0.25) is 0 Å². The SMILES string of the molecule is Cc1cc(O)c(C=NNc2ccccc2)c(=O)o1. The molecule has 0 spiro atoms. The van der Waals surface area contributed by atoms with Crippen molar-refractivity contribution in [2.45, 2.75) is 6.92 Å². The molecular formula is C13H12N2O3. The number of hydrogen-bond donors (Lipinski definition) is 2. The van der Waals surface area contributed by atoms with E-state index in [1.807, 2.05) is 30.3 Å². The number of hydrazone groups is 1. The Morgan fingerprint density at radius 3 is 2.72 bits per heavy atom. The highest BCUT2D eigenvalue weighted by Crippen LogP contribution is 2.12. The smallest absolute Gasteiger partial charge is 0.348 e. The molecule has 0 fully saturated rings. The second-order valence-electron chi connectivity index (χ2n) is 3.68. The van der Waals surface area contributed by atoms with Crippen molar-refractivity contribution in [2.24, 2.45) is 5.10 Å². The molecule has 0 aliphatic rings. The van der Waals surface area contributed by atoms with Gasteiger partial charge in [-0.1, -0.05) is 18.2 Å². The summed E-state index contributed by atoms with van der Waals surface area (Å²) in [5, 5.41) is 13.5. The second kappa shape index (κ2) is 5.18. The lowest BCUT2D eigenvalue weighted by Crippen LogP contribution is -2.08. The van der Waals surface area contributed by atoms with Gasteiger partial charge < -0.3 is 9.52 Å². The van der Waals surface area contributed by atoms with Gasteiger partial charge >= 0.3 is 5.63 Å². The van der Waals surface area contributed by atoms with Crippen LogP contribution in [0.5, 0.6) is 5.75 Å². The largest absolute Gasteiger partial charge is 0.507 e. The Kier molecular flexibility index (Phi) is 3.43. The molecule has 0 atom stereocenters. The molecule has 0 aliphatic carbocycles. The van der Waals surface area contributed by atoms with E-state index in [1.54, 1.807) is 6.92 Å². The van der Waals surface area contributed by atoms with Crippen molar-refractivity contribution in [3.63, 3.8) is 0 Å². The first kappa shape index (κ1) is 11.9. The van der Waals surface area contributed by atoms with Crippen molar-refractivity contribution in [3.8, 4) is 5.75 Å². The topological polar surface area (TPSA) is 74.8 Å². The minimum absolute atomic E-state index is 0.0176. The molecule has 0 bridgehead atoms. The van der Waals surface area contributed by atoms with E-state index in [2.05, 4.69) is 10.5 Å². The monoisotopic (exact) mass is 244 g/mol. The number of aromatic hydroxyl groups is 1. The first-order chi connectivity index (χ1) is 8.66. The maximum Gasteiger partial charge on any atom is 0.348 e. The molecule has 2 aromatic rings. The van der Waals surface area contributed by atoms with Crippen LogP contribution in [0.25, 0.3) is 0 Å². The van der Waals surface area contributed by atoms with Gasteiger partial charge in [-0.3, -0.25) is 5.43 Å². The predicted molar refractivity (Wildman–Crippen MR) is 69.0 cm³/mol. The molecule has 2 rings (SSSR count). The fourth-order valence-electron chi connectivity index (χ4n) is 1.41. The lowest BCUT2D eigenvalue weighted by Gasteiger charge is -2.00. The van der Waals surface area contributed by atoms with E-state index >= 15 is 0 Å². The Morgan fingerprint density at radius 1 is 1.33 bits per heavy atom. The summed E-state index contributed by atoms with van der Waals surface area (Å²) in [6.45, 7) is 1.59. The maximum atomic E-state index is 11.5. The summed E-state index contributed by atoms with van der Waals surface area (Å²) >= 11 is 0. The van der Waals surface area contributed by atoms with Gasteiger partial charge in [0.15, 0.2) is 0 Å². The quantitative estimate of drug-likeness (QED) is 0.640.